The standard InChI is InChI=1S/C26H44ClN5O2/c1-10-17-32(25(33)34-26(6,7)8)21(5)20(4)29-30-31(9)18-16-24(19(3)11-2)28-23-14-12-22(27)13-15-23/h11-15,20-21,24,28H,10,16-18H2,1-9H3/b19-11+,30-29?/t20-,21?,24?/m0/s1. The maximum absolute atomic E-state index is 12.7. The summed E-state index contributed by atoms with van der Waals surface area (Å²) in [5.74, 6) is 0. The lowest BCUT2D eigenvalue weighted by atomic mass is 10.0. The van der Waals surface area contributed by atoms with Gasteiger partial charge in [0.25, 0.3) is 0 Å². The van der Waals surface area contributed by atoms with Crippen LogP contribution in [-0.2, 0) is 4.74 Å². The van der Waals surface area contributed by atoms with Gasteiger partial charge in [-0.1, -0.05) is 35.4 Å². The number of carbonyl (C=O) groups excluding carboxylic acids is 1. The summed E-state index contributed by atoms with van der Waals surface area (Å²) in [6.45, 7) is 17.2. The Balaban J connectivity index is 2.73. The molecule has 0 bridgehead atoms. The van der Waals surface area contributed by atoms with Gasteiger partial charge in [-0.05, 0) is 85.6 Å². The van der Waals surface area contributed by atoms with E-state index in [1.165, 1.54) is 5.57 Å². The Labute approximate surface area is 211 Å². The van der Waals surface area contributed by atoms with Crippen LogP contribution in [0.4, 0.5) is 10.5 Å². The molecule has 1 amide bonds. The Bertz CT molecular complexity index is 804. The van der Waals surface area contributed by atoms with Crippen molar-refractivity contribution >= 4 is 23.4 Å². The van der Waals surface area contributed by atoms with E-state index in [1.54, 1.807) is 4.90 Å². The minimum absolute atomic E-state index is 0.128. The molecule has 0 saturated carbocycles. The van der Waals surface area contributed by atoms with Crippen molar-refractivity contribution in [1.29, 1.82) is 0 Å². The molecular weight excluding hydrogens is 450 g/mol. The smallest absolute Gasteiger partial charge is 0.410 e. The molecule has 7 nitrogen and oxygen atoms in total. The van der Waals surface area contributed by atoms with Gasteiger partial charge in [-0.2, -0.15) is 5.11 Å². The van der Waals surface area contributed by atoms with Crippen LogP contribution in [0.1, 0.15) is 68.2 Å². The van der Waals surface area contributed by atoms with E-state index in [9.17, 15) is 4.79 Å². The normalized spacial score (nSPS) is 15.1. The molecule has 0 saturated heterocycles. The molecule has 0 heterocycles. The van der Waals surface area contributed by atoms with E-state index in [0.29, 0.717) is 6.54 Å². The van der Waals surface area contributed by atoms with Gasteiger partial charge in [-0.15, -0.1) is 0 Å². The average Bonchev–Trinajstić information content (AvgIpc) is 2.77. The Hall–Kier alpha value is -2.28. The molecule has 2 unspecified atom stereocenters. The number of hydrogen-bond acceptors (Lipinski definition) is 5. The number of carbonyl (C=O) groups is 1. The van der Waals surface area contributed by atoms with Crippen LogP contribution in [0, 0.1) is 0 Å². The maximum atomic E-state index is 12.7. The van der Waals surface area contributed by atoms with Gasteiger partial charge in [0.1, 0.15) is 5.60 Å². The van der Waals surface area contributed by atoms with Crippen molar-refractivity contribution in [2.45, 2.75) is 92.0 Å². The van der Waals surface area contributed by atoms with Gasteiger partial charge in [0.05, 0.1) is 12.1 Å². The summed E-state index contributed by atoms with van der Waals surface area (Å²) in [6, 6.07) is 7.61. The molecular formula is C26H44ClN5O2. The molecule has 1 aromatic carbocycles. The summed E-state index contributed by atoms with van der Waals surface area (Å²) in [4.78, 5) is 14.4. The van der Waals surface area contributed by atoms with Crippen molar-refractivity contribution in [1.82, 2.24) is 9.91 Å². The summed E-state index contributed by atoms with van der Waals surface area (Å²) in [5, 5.41) is 15.0. The van der Waals surface area contributed by atoms with Gasteiger partial charge in [-0.3, -0.25) is 5.01 Å². The average molecular weight is 494 g/mol. The molecule has 1 N–H and O–H groups in total. The first-order valence-corrected chi connectivity index (χ1v) is 12.5. The van der Waals surface area contributed by atoms with Crippen LogP contribution in [0.3, 0.4) is 0 Å². The third kappa shape index (κ3) is 10.8. The number of nitrogens with one attached hydrogen (secondary N) is 1. The van der Waals surface area contributed by atoms with Crippen molar-refractivity contribution in [2.75, 3.05) is 25.5 Å². The minimum Gasteiger partial charge on any atom is -0.444 e. The zero-order chi connectivity index (χ0) is 25.9. The van der Waals surface area contributed by atoms with Gasteiger partial charge < -0.3 is 15.0 Å². The first-order valence-electron chi connectivity index (χ1n) is 12.1. The molecule has 192 valence electrons. The molecule has 8 heteroatoms. The number of amides is 1. The lowest BCUT2D eigenvalue weighted by Crippen LogP contribution is -2.46. The van der Waals surface area contributed by atoms with E-state index >= 15 is 0 Å². The third-order valence-corrected chi connectivity index (χ3v) is 5.85. The number of allylic oxidation sites excluding steroid dienone is 1. The fourth-order valence-corrected chi connectivity index (χ4v) is 3.40. The second-order valence-corrected chi connectivity index (χ2v) is 10.2. The summed E-state index contributed by atoms with van der Waals surface area (Å²) in [7, 11) is 1.92. The fraction of sp³-hybridized carbons (Fsp3) is 0.654. The second kappa shape index (κ2) is 14.2. The van der Waals surface area contributed by atoms with Gasteiger partial charge in [0.2, 0.25) is 0 Å². The van der Waals surface area contributed by atoms with Crippen LogP contribution in [0.5, 0.6) is 0 Å². The number of nitrogens with zero attached hydrogens (tertiary/aromatic N) is 4. The Morgan fingerprint density at radius 3 is 2.35 bits per heavy atom. The van der Waals surface area contributed by atoms with E-state index in [0.717, 1.165) is 30.1 Å². The number of hydrogen-bond donors (Lipinski definition) is 1. The monoisotopic (exact) mass is 493 g/mol. The second-order valence-electron chi connectivity index (χ2n) is 9.77. The van der Waals surface area contributed by atoms with Crippen molar-refractivity contribution < 1.29 is 9.53 Å². The summed E-state index contributed by atoms with van der Waals surface area (Å²) < 4.78 is 5.59. The fourth-order valence-electron chi connectivity index (χ4n) is 3.27. The zero-order valence-corrected chi connectivity index (χ0v) is 23.2. The predicted octanol–water partition coefficient (Wildman–Crippen LogP) is 7.20. The summed E-state index contributed by atoms with van der Waals surface area (Å²) >= 11 is 6.01. The van der Waals surface area contributed by atoms with E-state index in [1.807, 2.05) is 84.8 Å². The van der Waals surface area contributed by atoms with Crippen LogP contribution in [-0.4, -0.2) is 59.9 Å². The molecule has 0 radical (unpaired) electrons. The van der Waals surface area contributed by atoms with E-state index in [-0.39, 0.29) is 24.2 Å². The highest BCUT2D eigenvalue weighted by Crippen LogP contribution is 2.19. The number of rotatable bonds is 12. The SMILES string of the molecule is C/C=C(\C)C(CCN(C)N=N[C@@H](C)C(C)N(CCC)C(=O)OC(C)(C)C)Nc1ccc(Cl)cc1. The quantitative estimate of drug-likeness (QED) is 0.190. The first kappa shape index (κ1) is 29.8. The Morgan fingerprint density at radius 1 is 1.21 bits per heavy atom. The molecule has 1 aromatic rings. The van der Waals surface area contributed by atoms with Crippen LogP contribution in [0.15, 0.2) is 46.3 Å². The minimum atomic E-state index is -0.532. The number of halogens is 1. The lowest BCUT2D eigenvalue weighted by molar-refractivity contribution is 0.0154. The molecule has 34 heavy (non-hydrogen) atoms. The first-order chi connectivity index (χ1) is 15.9. The molecule has 0 fully saturated rings. The van der Waals surface area contributed by atoms with Crippen LogP contribution in [0.25, 0.3) is 0 Å². The van der Waals surface area contributed by atoms with Crippen molar-refractivity contribution in [3.05, 3.63) is 40.9 Å². The van der Waals surface area contributed by atoms with Crippen molar-refractivity contribution in [3.8, 4) is 0 Å². The van der Waals surface area contributed by atoms with Crippen LogP contribution < -0.4 is 5.32 Å². The Kier molecular flexibility index (Phi) is 12.4. The van der Waals surface area contributed by atoms with E-state index in [2.05, 4.69) is 28.7 Å². The molecule has 0 aromatic heterocycles. The lowest BCUT2D eigenvalue weighted by Gasteiger charge is -2.33. The summed E-state index contributed by atoms with van der Waals surface area (Å²) in [6.07, 6.45) is 3.52. The van der Waals surface area contributed by atoms with Crippen LogP contribution >= 0.6 is 11.6 Å². The highest BCUT2D eigenvalue weighted by Gasteiger charge is 2.28. The molecule has 3 atom stereocenters. The summed E-state index contributed by atoms with van der Waals surface area (Å²) in [5.41, 5.74) is 1.76. The van der Waals surface area contributed by atoms with E-state index in [4.69, 9.17) is 16.3 Å². The molecule has 0 aliphatic rings. The molecule has 0 aliphatic heterocycles. The van der Waals surface area contributed by atoms with Gasteiger partial charge in [-0.25, -0.2) is 4.79 Å². The topological polar surface area (TPSA) is 69.5 Å². The number of ether oxygens (including phenoxy) is 1. The van der Waals surface area contributed by atoms with Gasteiger partial charge in [0.15, 0.2) is 0 Å². The van der Waals surface area contributed by atoms with E-state index < -0.39 is 5.60 Å². The van der Waals surface area contributed by atoms with Crippen molar-refractivity contribution in [3.63, 3.8) is 0 Å². The highest BCUT2D eigenvalue weighted by molar-refractivity contribution is 6.30. The number of anilines is 1. The predicted molar refractivity (Wildman–Crippen MR) is 143 cm³/mol. The highest BCUT2D eigenvalue weighted by atomic mass is 35.5. The number of benzene rings is 1. The maximum Gasteiger partial charge on any atom is 0.410 e. The van der Waals surface area contributed by atoms with Gasteiger partial charge in [0, 0.05) is 36.9 Å². The zero-order valence-electron chi connectivity index (χ0n) is 22.4. The molecule has 1 rings (SSSR count). The molecule has 0 spiro atoms. The third-order valence-electron chi connectivity index (χ3n) is 5.60. The van der Waals surface area contributed by atoms with Gasteiger partial charge >= 0.3 is 6.09 Å². The molecule has 0 aliphatic carbocycles. The Morgan fingerprint density at radius 2 is 1.82 bits per heavy atom. The van der Waals surface area contributed by atoms with Crippen LogP contribution in [0.2, 0.25) is 5.02 Å². The largest absolute Gasteiger partial charge is 0.444 e. The van der Waals surface area contributed by atoms with Crippen molar-refractivity contribution in [2.24, 2.45) is 10.3 Å².